The van der Waals surface area contributed by atoms with Gasteiger partial charge in [0, 0.05) is 0 Å². The summed E-state index contributed by atoms with van der Waals surface area (Å²) in [6, 6.07) is 12.0. The van der Waals surface area contributed by atoms with Crippen LogP contribution in [-0.2, 0) is 24.0 Å². The van der Waals surface area contributed by atoms with Gasteiger partial charge in [-0.15, -0.1) is 0 Å². The normalized spacial score (nSPS) is 11.9. The minimum Gasteiger partial charge on any atom is -0.423 e. The Morgan fingerprint density at radius 3 is 1.49 bits per heavy atom. The van der Waals surface area contributed by atoms with Crippen LogP contribution in [0.15, 0.2) is 48.5 Å². The zero-order valence-electron chi connectivity index (χ0n) is 20.1. The second kappa shape index (κ2) is 13.0. The van der Waals surface area contributed by atoms with Gasteiger partial charge in [0.05, 0.1) is 11.2 Å². The lowest BCUT2D eigenvalue weighted by molar-refractivity contribution is -0.274. The number of hydrogen-bond donors (Lipinski definition) is 6. The van der Waals surface area contributed by atoms with E-state index in [4.69, 9.17) is 34.1 Å². The number of hydrogen-bond acceptors (Lipinski definition) is 11. The van der Waals surface area contributed by atoms with Crippen LogP contribution in [0.5, 0.6) is 0 Å². The molecule has 0 aliphatic carbocycles. The Labute approximate surface area is 205 Å². The standard InChI is InChI=1S/C20H30B4O11/c1-19(2,25)20(3,4)33-22(28)16-8-6-10-18(14-16)24(30)35-32-12-11-31-34-23(29)17-9-5-7-15(13-17)21(26)27/h5-10,13-14,25-30H,11-12H2,1-4H3. The van der Waals surface area contributed by atoms with Crippen LogP contribution in [0.25, 0.3) is 0 Å². The summed E-state index contributed by atoms with van der Waals surface area (Å²) in [6.45, 7) is 6.11. The quantitative estimate of drug-likeness (QED) is 0.0677. The minimum absolute atomic E-state index is 0.162. The zero-order valence-corrected chi connectivity index (χ0v) is 20.1. The molecule has 0 unspecified atom stereocenters. The summed E-state index contributed by atoms with van der Waals surface area (Å²) in [5.41, 5.74) is -1.22. The molecule has 0 amide bonds. The van der Waals surface area contributed by atoms with E-state index in [1.54, 1.807) is 45.9 Å². The summed E-state index contributed by atoms with van der Waals surface area (Å²) in [5, 5.41) is 59.1. The zero-order chi connectivity index (χ0) is 26.2. The summed E-state index contributed by atoms with van der Waals surface area (Å²) < 4.78 is 5.59. The molecule has 0 heterocycles. The molecule has 2 rings (SSSR count). The van der Waals surface area contributed by atoms with Gasteiger partial charge in [0.15, 0.2) is 0 Å². The van der Waals surface area contributed by atoms with Crippen molar-refractivity contribution in [1.29, 1.82) is 0 Å². The summed E-state index contributed by atoms with van der Waals surface area (Å²) in [6.07, 6.45) is 0. The molecule has 0 atom stereocenters. The first-order valence-corrected chi connectivity index (χ1v) is 10.9. The van der Waals surface area contributed by atoms with E-state index >= 15 is 0 Å². The Bertz CT molecular complexity index is 926. The van der Waals surface area contributed by atoms with Crippen molar-refractivity contribution in [3.05, 3.63) is 48.5 Å². The average Bonchev–Trinajstić information content (AvgIpc) is 2.80. The van der Waals surface area contributed by atoms with Crippen molar-refractivity contribution in [3.63, 3.8) is 0 Å². The van der Waals surface area contributed by atoms with E-state index in [0.717, 1.165) is 0 Å². The third kappa shape index (κ3) is 9.01. The number of rotatable bonds is 14. The predicted octanol–water partition coefficient (Wildman–Crippen LogP) is -3.41. The van der Waals surface area contributed by atoms with Crippen LogP contribution in [0.3, 0.4) is 0 Å². The molecule has 0 aliphatic heterocycles. The molecule has 6 N–H and O–H groups in total. The van der Waals surface area contributed by atoms with Crippen molar-refractivity contribution >= 4 is 50.3 Å². The lowest BCUT2D eigenvalue weighted by Gasteiger charge is -2.38. The summed E-state index contributed by atoms with van der Waals surface area (Å²) in [7, 11) is -6.00. The third-order valence-corrected chi connectivity index (χ3v) is 5.42. The maximum atomic E-state index is 10.4. The molecule has 15 heteroatoms. The maximum Gasteiger partial charge on any atom is 0.522 e. The van der Waals surface area contributed by atoms with Gasteiger partial charge in [0.2, 0.25) is 0 Å². The lowest BCUT2D eigenvalue weighted by atomic mass is 9.71. The van der Waals surface area contributed by atoms with E-state index in [1.807, 2.05) is 0 Å². The van der Waals surface area contributed by atoms with Crippen molar-refractivity contribution in [3.8, 4) is 0 Å². The highest BCUT2D eigenvalue weighted by Crippen LogP contribution is 2.25. The van der Waals surface area contributed by atoms with Crippen LogP contribution in [-0.4, -0.2) is 83.1 Å². The molecular formula is C20H30B4O11. The maximum absolute atomic E-state index is 10.4. The van der Waals surface area contributed by atoms with Gasteiger partial charge in [-0.05, 0) is 49.5 Å². The largest absolute Gasteiger partial charge is 0.522 e. The van der Waals surface area contributed by atoms with E-state index in [1.165, 1.54) is 30.3 Å². The van der Waals surface area contributed by atoms with Crippen LogP contribution < -0.4 is 21.9 Å². The van der Waals surface area contributed by atoms with Gasteiger partial charge in [-0.2, -0.15) is 0 Å². The van der Waals surface area contributed by atoms with E-state index in [-0.39, 0.29) is 29.6 Å². The fraction of sp³-hybridized carbons (Fsp3) is 0.400. The molecular weight excluding hydrogens is 459 g/mol. The second-order valence-electron chi connectivity index (χ2n) is 8.79. The van der Waals surface area contributed by atoms with Gasteiger partial charge in [0.1, 0.15) is 13.2 Å². The highest BCUT2D eigenvalue weighted by molar-refractivity contribution is 6.64. The van der Waals surface area contributed by atoms with Gasteiger partial charge < -0.3 is 34.9 Å². The highest BCUT2D eigenvalue weighted by Gasteiger charge is 2.39. The molecule has 0 aliphatic rings. The Kier molecular flexibility index (Phi) is 10.9. The van der Waals surface area contributed by atoms with Gasteiger partial charge >= 0.3 is 28.5 Å². The Balaban J connectivity index is 1.77. The molecule has 0 aromatic heterocycles. The van der Waals surface area contributed by atoms with Gasteiger partial charge in [-0.3, -0.25) is 9.61 Å². The SMILES string of the molecule is CC(C)(O)C(C)(C)OB(O)c1cccc(B(O)OOCCOOB(O)c2cccc(B(O)O)c2)c1. The molecule has 0 bridgehead atoms. The Hall–Kier alpha value is -1.74. The average molecular weight is 490 g/mol. The first-order chi connectivity index (χ1) is 16.3. The molecule has 2 aromatic carbocycles. The second-order valence-corrected chi connectivity index (χ2v) is 8.79. The van der Waals surface area contributed by atoms with Gasteiger partial charge in [0.25, 0.3) is 0 Å². The highest BCUT2D eigenvalue weighted by atomic mass is 17.2. The minimum atomic E-state index is -1.68. The Morgan fingerprint density at radius 2 is 1.06 bits per heavy atom. The third-order valence-electron chi connectivity index (χ3n) is 5.42. The molecule has 11 nitrogen and oxygen atoms in total. The smallest absolute Gasteiger partial charge is 0.423 e. The van der Waals surface area contributed by atoms with Crippen LogP contribution >= 0.6 is 0 Å². The molecule has 0 fully saturated rings. The van der Waals surface area contributed by atoms with E-state index in [2.05, 4.69) is 0 Å². The topological polar surface area (TPSA) is 168 Å². The van der Waals surface area contributed by atoms with E-state index in [9.17, 15) is 20.2 Å². The molecule has 2 aromatic rings. The fourth-order valence-electron chi connectivity index (χ4n) is 2.64. The summed E-state index contributed by atoms with van der Waals surface area (Å²) >= 11 is 0. The van der Waals surface area contributed by atoms with Crippen molar-refractivity contribution in [2.75, 3.05) is 13.2 Å². The predicted molar refractivity (Wildman–Crippen MR) is 131 cm³/mol. The molecule has 188 valence electrons. The summed E-state index contributed by atoms with van der Waals surface area (Å²) in [4.78, 5) is 19.4. The molecule has 35 heavy (non-hydrogen) atoms. The molecule has 0 saturated heterocycles. The Morgan fingerprint density at radius 1 is 0.657 bits per heavy atom. The van der Waals surface area contributed by atoms with E-state index in [0.29, 0.717) is 5.46 Å². The fourth-order valence-corrected chi connectivity index (χ4v) is 2.64. The monoisotopic (exact) mass is 490 g/mol. The van der Waals surface area contributed by atoms with Crippen LogP contribution in [0.1, 0.15) is 27.7 Å². The number of benzene rings is 2. The van der Waals surface area contributed by atoms with Gasteiger partial charge in [-0.25, -0.2) is 9.78 Å². The first kappa shape index (κ1) is 29.5. The van der Waals surface area contributed by atoms with Crippen molar-refractivity contribution in [1.82, 2.24) is 0 Å². The molecule has 0 radical (unpaired) electrons. The van der Waals surface area contributed by atoms with Crippen LogP contribution in [0, 0.1) is 0 Å². The van der Waals surface area contributed by atoms with Crippen molar-refractivity contribution in [2.45, 2.75) is 38.9 Å². The van der Waals surface area contributed by atoms with Gasteiger partial charge in [-0.1, -0.05) is 48.5 Å². The molecule has 0 spiro atoms. The summed E-state index contributed by atoms with van der Waals surface area (Å²) in [5.74, 6) is 0. The van der Waals surface area contributed by atoms with Crippen LogP contribution in [0.2, 0.25) is 0 Å². The van der Waals surface area contributed by atoms with Crippen molar-refractivity contribution in [2.24, 2.45) is 0 Å². The molecule has 0 saturated carbocycles. The first-order valence-electron chi connectivity index (χ1n) is 10.9. The van der Waals surface area contributed by atoms with E-state index < -0.39 is 39.7 Å². The number of aliphatic hydroxyl groups is 1. The van der Waals surface area contributed by atoms with Crippen LogP contribution in [0.4, 0.5) is 0 Å². The van der Waals surface area contributed by atoms with Crippen molar-refractivity contribution < 1.29 is 54.3 Å². The lowest BCUT2D eigenvalue weighted by Crippen LogP contribution is -2.53.